The minimum atomic E-state index is 0.119. The average molecular weight is 340 g/mol. The second kappa shape index (κ2) is 6.15. The minimum Gasteiger partial charge on any atom is -0.343 e. The molecule has 4 heteroatoms. The number of likely N-dealkylation sites (tertiary alicyclic amines) is 1. The number of rotatable bonds is 4. The van der Waals surface area contributed by atoms with E-state index in [9.17, 15) is 9.59 Å². The largest absolute Gasteiger partial charge is 0.343 e. The zero-order valence-corrected chi connectivity index (χ0v) is 15.3. The van der Waals surface area contributed by atoms with Crippen molar-refractivity contribution in [2.45, 2.75) is 52.4 Å². The van der Waals surface area contributed by atoms with Crippen molar-refractivity contribution in [1.82, 2.24) is 4.90 Å². The third kappa shape index (κ3) is 3.58. The van der Waals surface area contributed by atoms with Crippen LogP contribution in [0, 0.1) is 31.1 Å². The molecule has 1 unspecified atom stereocenters. The van der Waals surface area contributed by atoms with Crippen molar-refractivity contribution in [3.8, 4) is 0 Å². The number of aryl methyl sites for hydroxylation is 2. The molecule has 1 aliphatic heterocycles. The van der Waals surface area contributed by atoms with Crippen LogP contribution in [0.4, 0.5) is 5.69 Å². The first-order chi connectivity index (χ1) is 11.9. The molecule has 1 atom stereocenters. The second-order valence-corrected chi connectivity index (χ2v) is 8.51. The third-order valence-corrected chi connectivity index (χ3v) is 6.27. The molecule has 4 rings (SSSR count). The number of hydrogen-bond donors (Lipinski definition) is 1. The van der Waals surface area contributed by atoms with E-state index in [2.05, 4.69) is 25.2 Å². The van der Waals surface area contributed by atoms with E-state index in [0.717, 1.165) is 44.5 Å². The molecule has 0 radical (unpaired) electrons. The van der Waals surface area contributed by atoms with Crippen molar-refractivity contribution in [3.63, 3.8) is 0 Å². The van der Waals surface area contributed by atoms with Crippen molar-refractivity contribution in [2.75, 3.05) is 18.4 Å². The van der Waals surface area contributed by atoms with E-state index in [1.165, 1.54) is 24.0 Å². The van der Waals surface area contributed by atoms with Gasteiger partial charge >= 0.3 is 0 Å². The van der Waals surface area contributed by atoms with E-state index < -0.39 is 0 Å². The summed E-state index contributed by atoms with van der Waals surface area (Å²) in [6, 6.07) is 6.17. The molecule has 2 aliphatic carbocycles. The van der Waals surface area contributed by atoms with E-state index >= 15 is 0 Å². The van der Waals surface area contributed by atoms with Gasteiger partial charge in [-0.3, -0.25) is 9.59 Å². The van der Waals surface area contributed by atoms with Gasteiger partial charge in [-0.05, 0) is 80.5 Å². The fraction of sp³-hybridized carbons (Fsp3) is 0.619. The van der Waals surface area contributed by atoms with Gasteiger partial charge in [-0.2, -0.15) is 0 Å². The molecular formula is C21H28N2O2. The van der Waals surface area contributed by atoms with Gasteiger partial charge in [0.15, 0.2) is 0 Å². The number of nitrogens with zero attached hydrogens (tertiary/aromatic N) is 1. The summed E-state index contributed by atoms with van der Waals surface area (Å²) in [6.45, 7) is 5.77. The fourth-order valence-electron chi connectivity index (χ4n) is 4.45. The highest BCUT2D eigenvalue weighted by Crippen LogP contribution is 2.59. The lowest BCUT2D eigenvalue weighted by Gasteiger charge is -2.33. The lowest BCUT2D eigenvalue weighted by atomic mass is 9.90. The highest BCUT2D eigenvalue weighted by Gasteiger charge is 2.58. The van der Waals surface area contributed by atoms with Crippen molar-refractivity contribution >= 4 is 17.5 Å². The van der Waals surface area contributed by atoms with Gasteiger partial charge in [0.05, 0.1) is 0 Å². The van der Waals surface area contributed by atoms with Crippen LogP contribution in [0.1, 0.15) is 49.7 Å². The zero-order chi connectivity index (χ0) is 17.6. The molecule has 0 bridgehead atoms. The standard InChI is InChI=1S/C21H28N2O2/c1-14-9-15(2)11-17(10-14)22-20(25)18-13-21(18)5-7-23(8-6-21)19(24)12-16-3-4-16/h9-11,16,18H,3-8,12-13H2,1-2H3,(H,22,25). The fourth-order valence-corrected chi connectivity index (χ4v) is 4.45. The van der Waals surface area contributed by atoms with Gasteiger partial charge in [-0.15, -0.1) is 0 Å². The lowest BCUT2D eigenvalue weighted by Crippen LogP contribution is -2.40. The van der Waals surface area contributed by atoms with Crippen LogP contribution >= 0.6 is 0 Å². The number of piperidine rings is 1. The number of anilines is 1. The third-order valence-electron chi connectivity index (χ3n) is 6.27. The quantitative estimate of drug-likeness (QED) is 0.909. The number of nitrogens with one attached hydrogen (secondary N) is 1. The molecule has 3 fully saturated rings. The Morgan fingerprint density at radius 3 is 2.36 bits per heavy atom. The number of amides is 2. The average Bonchev–Trinajstić information content (AvgIpc) is 3.45. The van der Waals surface area contributed by atoms with Crippen LogP contribution < -0.4 is 5.32 Å². The first kappa shape index (κ1) is 16.6. The number of benzene rings is 1. The van der Waals surface area contributed by atoms with Gasteiger partial charge in [0.25, 0.3) is 0 Å². The van der Waals surface area contributed by atoms with Crippen molar-refractivity contribution < 1.29 is 9.59 Å². The first-order valence-electron chi connectivity index (χ1n) is 9.62. The molecule has 1 saturated heterocycles. The normalized spacial score (nSPS) is 24.2. The molecule has 25 heavy (non-hydrogen) atoms. The second-order valence-electron chi connectivity index (χ2n) is 8.51. The topological polar surface area (TPSA) is 49.4 Å². The van der Waals surface area contributed by atoms with Gasteiger partial charge < -0.3 is 10.2 Å². The molecule has 1 aromatic carbocycles. The first-order valence-corrected chi connectivity index (χ1v) is 9.62. The number of hydrogen-bond acceptors (Lipinski definition) is 2. The molecule has 1 aromatic rings. The smallest absolute Gasteiger partial charge is 0.228 e. The summed E-state index contributed by atoms with van der Waals surface area (Å²) in [7, 11) is 0. The maximum Gasteiger partial charge on any atom is 0.228 e. The van der Waals surface area contributed by atoms with E-state index in [-0.39, 0.29) is 17.2 Å². The van der Waals surface area contributed by atoms with Crippen LogP contribution in [0.15, 0.2) is 18.2 Å². The molecule has 134 valence electrons. The Morgan fingerprint density at radius 2 is 1.76 bits per heavy atom. The van der Waals surface area contributed by atoms with Crippen LogP contribution in [0.5, 0.6) is 0 Å². The zero-order valence-electron chi connectivity index (χ0n) is 15.3. The summed E-state index contributed by atoms with van der Waals surface area (Å²) < 4.78 is 0. The molecule has 1 N–H and O–H groups in total. The summed E-state index contributed by atoms with van der Waals surface area (Å²) in [6.07, 6.45) is 6.13. The molecule has 3 aliphatic rings. The Balaban J connectivity index is 1.31. The summed E-state index contributed by atoms with van der Waals surface area (Å²) in [5.41, 5.74) is 3.40. The van der Waals surface area contributed by atoms with E-state index in [1.807, 2.05) is 17.0 Å². The molecule has 2 saturated carbocycles. The summed E-state index contributed by atoms with van der Waals surface area (Å²) in [5, 5.41) is 3.11. The van der Waals surface area contributed by atoms with Gasteiger partial charge in [0.1, 0.15) is 0 Å². The van der Waals surface area contributed by atoms with Crippen LogP contribution in [0.25, 0.3) is 0 Å². The number of carbonyl (C=O) groups is 2. The van der Waals surface area contributed by atoms with E-state index in [4.69, 9.17) is 0 Å². The monoisotopic (exact) mass is 340 g/mol. The van der Waals surface area contributed by atoms with Crippen molar-refractivity contribution in [1.29, 1.82) is 0 Å². The Labute approximate surface area is 150 Å². The van der Waals surface area contributed by atoms with Gasteiger partial charge in [0, 0.05) is 31.1 Å². The van der Waals surface area contributed by atoms with E-state index in [0.29, 0.717) is 11.8 Å². The lowest BCUT2D eigenvalue weighted by molar-refractivity contribution is -0.133. The highest BCUT2D eigenvalue weighted by molar-refractivity contribution is 5.95. The van der Waals surface area contributed by atoms with Crippen molar-refractivity contribution in [2.24, 2.45) is 17.3 Å². The van der Waals surface area contributed by atoms with Crippen LogP contribution in [-0.2, 0) is 9.59 Å². The molecule has 4 nitrogen and oxygen atoms in total. The SMILES string of the molecule is Cc1cc(C)cc(NC(=O)C2CC23CCN(C(=O)CC2CC2)CC3)c1. The minimum absolute atomic E-state index is 0.119. The number of carbonyl (C=O) groups excluding carboxylic acids is 2. The highest BCUT2D eigenvalue weighted by atomic mass is 16.2. The van der Waals surface area contributed by atoms with E-state index in [1.54, 1.807) is 0 Å². The van der Waals surface area contributed by atoms with Crippen LogP contribution in [0.3, 0.4) is 0 Å². The maximum absolute atomic E-state index is 12.6. The molecule has 2 amide bonds. The predicted molar refractivity (Wildman–Crippen MR) is 98.2 cm³/mol. The van der Waals surface area contributed by atoms with Gasteiger partial charge in [0.2, 0.25) is 11.8 Å². The summed E-state index contributed by atoms with van der Waals surface area (Å²) in [5.74, 6) is 1.26. The maximum atomic E-state index is 12.6. The molecule has 1 spiro atoms. The Kier molecular flexibility index (Phi) is 4.09. The molecule has 1 heterocycles. The molecular weight excluding hydrogens is 312 g/mol. The molecule has 0 aromatic heterocycles. The predicted octanol–water partition coefficient (Wildman–Crippen LogP) is 3.67. The van der Waals surface area contributed by atoms with Gasteiger partial charge in [-0.1, -0.05) is 6.07 Å². The summed E-state index contributed by atoms with van der Waals surface area (Å²) >= 11 is 0. The summed E-state index contributed by atoms with van der Waals surface area (Å²) in [4.78, 5) is 26.9. The Bertz CT molecular complexity index is 680. The van der Waals surface area contributed by atoms with Crippen LogP contribution in [0.2, 0.25) is 0 Å². The van der Waals surface area contributed by atoms with Crippen LogP contribution in [-0.4, -0.2) is 29.8 Å². The Hall–Kier alpha value is -1.84. The Morgan fingerprint density at radius 1 is 1.12 bits per heavy atom. The van der Waals surface area contributed by atoms with Gasteiger partial charge in [-0.25, -0.2) is 0 Å². The van der Waals surface area contributed by atoms with Crippen molar-refractivity contribution in [3.05, 3.63) is 29.3 Å².